The minimum absolute atomic E-state index is 0.00660. The van der Waals surface area contributed by atoms with E-state index in [1.54, 1.807) is 4.90 Å². The van der Waals surface area contributed by atoms with Crippen molar-refractivity contribution in [2.45, 2.75) is 13.0 Å². The summed E-state index contributed by atoms with van der Waals surface area (Å²) in [5, 5.41) is 1.66. The number of aromatic nitrogens is 1. The van der Waals surface area contributed by atoms with Gasteiger partial charge in [-0.25, -0.2) is 0 Å². The molecular formula is C18H15ClN2O4. The van der Waals surface area contributed by atoms with Gasteiger partial charge in [-0.3, -0.25) is 9.59 Å². The van der Waals surface area contributed by atoms with E-state index in [-0.39, 0.29) is 22.8 Å². The smallest absolute Gasteiger partial charge is 0.290 e. The number of carbonyl (C=O) groups excluding carboxylic acids is 1. The fraction of sp³-hybridized carbons (Fsp3) is 0.222. The SMILES string of the molecule is COc1coc(C(=O)N2CCc3[nH]c4ccc(Cl)cc4c3C2)cc1=O. The first kappa shape index (κ1) is 15.8. The van der Waals surface area contributed by atoms with E-state index in [0.717, 1.165) is 28.4 Å². The fourth-order valence-electron chi connectivity index (χ4n) is 3.18. The highest BCUT2D eigenvalue weighted by Gasteiger charge is 2.26. The lowest BCUT2D eigenvalue weighted by atomic mass is 10.0. The molecule has 0 bridgehead atoms. The average Bonchev–Trinajstić information content (AvgIpc) is 2.98. The van der Waals surface area contributed by atoms with Gasteiger partial charge in [0.15, 0.2) is 5.76 Å². The van der Waals surface area contributed by atoms with Gasteiger partial charge in [0.1, 0.15) is 6.26 Å². The summed E-state index contributed by atoms with van der Waals surface area (Å²) in [4.78, 5) is 29.6. The third kappa shape index (κ3) is 2.68. The highest BCUT2D eigenvalue weighted by Crippen LogP contribution is 2.30. The maximum atomic E-state index is 12.7. The molecule has 0 saturated carbocycles. The average molecular weight is 359 g/mol. The van der Waals surface area contributed by atoms with Gasteiger partial charge < -0.3 is 19.0 Å². The number of ether oxygens (including phenoxy) is 1. The molecule has 1 aromatic carbocycles. The molecule has 3 aromatic rings. The molecule has 3 heterocycles. The van der Waals surface area contributed by atoms with E-state index in [4.69, 9.17) is 20.8 Å². The van der Waals surface area contributed by atoms with Crippen LogP contribution in [0.2, 0.25) is 5.02 Å². The van der Waals surface area contributed by atoms with Gasteiger partial charge in [0.25, 0.3) is 5.91 Å². The molecule has 2 aromatic heterocycles. The monoisotopic (exact) mass is 358 g/mol. The Morgan fingerprint density at radius 1 is 1.36 bits per heavy atom. The second-order valence-corrected chi connectivity index (χ2v) is 6.36. The van der Waals surface area contributed by atoms with Crippen LogP contribution in [-0.4, -0.2) is 29.4 Å². The first-order chi connectivity index (χ1) is 12.1. The van der Waals surface area contributed by atoms with Crippen LogP contribution in [-0.2, 0) is 13.0 Å². The Morgan fingerprint density at radius 3 is 2.96 bits per heavy atom. The van der Waals surface area contributed by atoms with Gasteiger partial charge in [-0.05, 0) is 18.2 Å². The largest absolute Gasteiger partial charge is 0.490 e. The van der Waals surface area contributed by atoms with Crippen molar-refractivity contribution in [2.75, 3.05) is 13.7 Å². The lowest BCUT2D eigenvalue weighted by molar-refractivity contribution is 0.0699. The van der Waals surface area contributed by atoms with E-state index in [0.29, 0.717) is 24.5 Å². The summed E-state index contributed by atoms with van der Waals surface area (Å²) in [6.07, 6.45) is 1.87. The van der Waals surface area contributed by atoms with Gasteiger partial charge in [0.05, 0.1) is 7.11 Å². The molecule has 7 heteroatoms. The molecule has 0 spiro atoms. The standard InChI is InChI=1S/C18H15ClN2O4/c1-24-17-9-25-16(7-15(17)22)18(23)21-5-4-14-12(8-21)11-6-10(19)2-3-13(11)20-14/h2-3,6-7,9,20H,4-5,8H2,1H3. The molecule has 4 rings (SSSR count). The Balaban J connectivity index is 1.66. The lowest BCUT2D eigenvalue weighted by Gasteiger charge is -2.26. The summed E-state index contributed by atoms with van der Waals surface area (Å²) in [6, 6.07) is 6.84. The van der Waals surface area contributed by atoms with E-state index in [1.165, 1.54) is 13.2 Å². The van der Waals surface area contributed by atoms with Crippen LogP contribution in [0.3, 0.4) is 0 Å². The summed E-state index contributed by atoms with van der Waals surface area (Å²) in [5.41, 5.74) is 2.78. The zero-order valence-corrected chi connectivity index (χ0v) is 14.2. The van der Waals surface area contributed by atoms with Crippen molar-refractivity contribution in [3.05, 3.63) is 62.8 Å². The van der Waals surface area contributed by atoms with Crippen molar-refractivity contribution in [1.29, 1.82) is 0 Å². The Labute approximate surface area is 148 Å². The van der Waals surface area contributed by atoms with E-state index in [1.807, 2.05) is 18.2 Å². The predicted octanol–water partition coefficient (Wildman–Crippen LogP) is 2.98. The van der Waals surface area contributed by atoms with Crippen molar-refractivity contribution in [2.24, 2.45) is 0 Å². The van der Waals surface area contributed by atoms with Gasteiger partial charge in [-0.2, -0.15) is 0 Å². The number of halogens is 1. The number of carbonyl (C=O) groups is 1. The number of benzene rings is 1. The number of aromatic amines is 1. The van der Waals surface area contributed by atoms with Crippen molar-refractivity contribution in [3.8, 4) is 5.75 Å². The number of fused-ring (bicyclic) bond motifs is 3. The van der Waals surface area contributed by atoms with Gasteiger partial charge in [0.2, 0.25) is 11.2 Å². The van der Waals surface area contributed by atoms with E-state index in [9.17, 15) is 9.59 Å². The maximum absolute atomic E-state index is 12.7. The molecule has 1 N–H and O–H groups in total. The predicted molar refractivity (Wildman–Crippen MR) is 93.3 cm³/mol. The lowest BCUT2D eigenvalue weighted by Crippen LogP contribution is -2.36. The molecule has 0 saturated heterocycles. The number of H-pyrrole nitrogens is 1. The summed E-state index contributed by atoms with van der Waals surface area (Å²) in [7, 11) is 1.38. The van der Waals surface area contributed by atoms with Crippen LogP contribution >= 0.6 is 11.6 Å². The molecule has 0 fully saturated rings. The first-order valence-corrected chi connectivity index (χ1v) is 8.19. The molecule has 0 atom stereocenters. The van der Waals surface area contributed by atoms with Crippen molar-refractivity contribution in [3.63, 3.8) is 0 Å². The molecule has 0 aliphatic carbocycles. The summed E-state index contributed by atoms with van der Waals surface area (Å²) in [6.45, 7) is 0.979. The third-order valence-corrected chi connectivity index (χ3v) is 4.69. The van der Waals surface area contributed by atoms with Gasteiger partial charge in [-0.1, -0.05) is 11.6 Å². The number of amides is 1. The van der Waals surface area contributed by atoms with Crippen LogP contribution in [0.1, 0.15) is 21.8 Å². The second kappa shape index (κ2) is 5.97. The summed E-state index contributed by atoms with van der Waals surface area (Å²) < 4.78 is 10.1. The van der Waals surface area contributed by atoms with E-state index >= 15 is 0 Å². The van der Waals surface area contributed by atoms with Crippen molar-refractivity contribution >= 4 is 28.4 Å². The molecule has 128 valence electrons. The van der Waals surface area contributed by atoms with Crippen molar-refractivity contribution in [1.82, 2.24) is 9.88 Å². The van der Waals surface area contributed by atoms with Crippen LogP contribution in [0, 0.1) is 0 Å². The number of nitrogens with zero attached hydrogens (tertiary/aromatic N) is 1. The van der Waals surface area contributed by atoms with Crippen LogP contribution in [0.25, 0.3) is 10.9 Å². The maximum Gasteiger partial charge on any atom is 0.290 e. The highest BCUT2D eigenvalue weighted by molar-refractivity contribution is 6.31. The molecule has 0 unspecified atom stereocenters. The zero-order chi connectivity index (χ0) is 17.6. The summed E-state index contributed by atoms with van der Waals surface area (Å²) >= 11 is 6.10. The number of methoxy groups -OCH3 is 1. The van der Waals surface area contributed by atoms with Crippen LogP contribution in [0.4, 0.5) is 0 Å². The van der Waals surface area contributed by atoms with Gasteiger partial charge >= 0.3 is 0 Å². The zero-order valence-electron chi connectivity index (χ0n) is 13.5. The molecule has 1 aliphatic rings. The van der Waals surface area contributed by atoms with Gasteiger partial charge in [0, 0.05) is 52.8 Å². The van der Waals surface area contributed by atoms with Crippen LogP contribution in [0.5, 0.6) is 5.75 Å². The highest BCUT2D eigenvalue weighted by atomic mass is 35.5. The topological polar surface area (TPSA) is 75.5 Å². The first-order valence-electron chi connectivity index (χ1n) is 7.82. The molecule has 25 heavy (non-hydrogen) atoms. The normalized spacial score (nSPS) is 13.8. The fourth-order valence-corrected chi connectivity index (χ4v) is 3.35. The number of hydrogen-bond acceptors (Lipinski definition) is 4. The minimum Gasteiger partial charge on any atom is -0.490 e. The third-order valence-electron chi connectivity index (χ3n) is 4.45. The number of hydrogen-bond donors (Lipinski definition) is 1. The Morgan fingerprint density at radius 2 is 2.20 bits per heavy atom. The molecule has 6 nitrogen and oxygen atoms in total. The molecular weight excluding hydrogens is 344 g/mol. The Hall–Kier alpha value is -2.73. The minimum atomic E-state index is -0.381. The van der Waals surface area contributed by atoms with Crippen molar-refractivity contribution < 1.29 is 13.9 Å². The van der Waals surface area contributed by atoms with E-state index < -0.39 is 0 Å². The van der Waals surface area contributed by atoms with Crippen LogP contribution in [0.15, 0.2) is 39.7 Å². The van der Waals surface area contributed by atoms with Crippen LogP contribution < -0.4 is 10.2 Å². The molecule has 1 amide bonds. The summed E-state index contributed by atoms with van der Waals surface area (Å²) in [5.74, 6) is -0.238. The number of nitrogens with one attached hydrogen (secondary N) is 1. The Bertz CT molecular complexity index is 1040. The van der Waals surface area contributed by atoms with Gasteiger partial charge in [-0.15, -0.1) is 0 Å². The molecule has 0 radical (unpaired) electrons. The quantitative estimate of drug-likeness (QED) is 0.764. The second-order valence-electron chi connectivity index (χ2n) is 5.93. The Kier molecular flexibility index (Phi) is 3.77. The number of rotatable bonds is 2. The van der Waals surface area contributed by atoms with E-state index in [2.05, 4.69) is 4.98 Å². The molecule has 1 aliphatic heterocycles.